The minimum atomic E-state index is -2.96. The van der Waals surface area contributed by atoms with Crippen molar-refractivity contribution in [1.82, 2.24) is 5.32 Å². The molecule has 0 radical (unpaired) electrons. The van der Waals surface area contributed by atoms with Gasteiger partial charge < -0.3 is 15.2 Å². The quantitative estimate of drug-likeness (QED) is 0.847. The number of rotatable bonds is 6. The van der Waals surface area contributed by atoms with Gasteiger partial charge >= 0.3 is 6.61 Å². The average molecular weight is 319 g/mol. The van der Waals surface area contributed by atoms with Gasteiger partial charge in [0.15, 0.2) is 0 Å². The monoisotopic (exact) mass is 319 g/mol. The van der Waals surface area contributed by atoms with Gasteiger partial charge in [-0.1, -0.05) is 12.8 Å². The second kappa shape index (κ2) is 7.17. The summed E-state index contributed by atoms with van der Waals surface area (Å²) < 4.78 is 29.0. The van der Waals surface area contributed by atoms with Crippen LogP contribution in [0.3, 0.4) is 0 Å². The molecule has 2 rings (SSSR count). The first kappa shape index (κ1) is 16.2. The molecule has 21 heavy (non-hydrogen) atoms. The second-order valence-electron chi connectivity index (χ2n) is 5.25. The van der Waals surface area contributed by atoms with E-state index in [1.165, 1.54) is 6.07 Å². The number of aliphatic hydroxyl groups is 1. The second-order valence-corrected chi connectivity index (χ2v) is 6.51. The zero-order valence-electron chi connectivity index (χ0n) is 11.8. The number of hydrogen-bond acceptors (Lipinski definition) is 4. The third kappa shape index (κ3) is 4.38. The minimum absolute atomic E-state index is 0.111. The van der Waals surface area contributed by atoms with Crippen LogP contribution in [0.1, 0.15) is 40.2 Å². The number of nitrogens with one attached hydrogen (secondary N) is 1. The molecular formula is C14H19F2NO3S. The lowest BCUT2D eigenvalue weighted by Crippen LogP contribution is -2.35. The highest BCUT2D eigenvalue weighted by Gasteiger charge is 2.25. The molecule has 7 heteroatoms. The summed E-state index contributed by atoms with van der Waals surface area (Å²) >= 11 is 1.10. The van der Waals surface area contributed by atoms with Crippen LogP contribution in [-0.2, 0) is 0 Å². The van der Waals surface area contributed by atoms with Crippen molar-refractivity contribution in [2.75, 3.05) is 6.54 Å². The summed E-state index contributed by atoms with van der Waals surface area (Å²) in [5, 5.41) is 12.6. The number of thiophene rings is 1. The molecule has 0 saturated heterocycles. The molecule has 4 nitrogen and oxygen atoms in total. The maximum absolute atomic E-state index is 12.3. The van der Waals surface area contributed by atoms with Gasteiger partial charge in [-0.25, -0.2) is 0 Å². The Labute approximate surface area is 126 Å². The molecule has 1 aliphatic rings. The smallest absolute Gasteiger partial charge is 0.387 e. The number of carbonyl (C=O) groups excluding carboxylic acids is 1. The standard InChI is InChI=1S/C14H19F2NO3S/c1-8-6-11(20-14(15)16)12(21-8)13(19)17-7-10(18)9-4-2-3-5-9/h6,9-10,14,18H,2-5,7H2,1H3,(H,17,19). The van der Waals surface area contributed by atoms with Crippen molar-refractivity contribution in [1.29, 1.82) is 0 Å². The van der Waals surface area contributed by atoms with Crippen LogP contribution in [0.4, 0.5) is 8.78 Å². The third-order valence-corrected chi connectivity index (χ3v) is 4.69. The molecule has 1 fully saturated rings. The molecule has 1 atom stereocenters. The van der Waals surface area contributed by atoms with E-state index < -0.39 is 18.6 Å². The Morgan fingerprint density at radius 2 is 2.19 bits per heavy atom. The molecule has 0 spiro atoms. The number of carbonyl (C=O) groups is 1. The lowest BCUT2D eigenvalue weighted by atomic mass is 10.0. The van der Waals surface area contributed by atoms with Crippen molar-refractivity contribution in [2.45, 2.75) is 45.3 Å². The van der Waals surface area contributed by atoms with Gasteiger partial charge in [0.2, 0.25) is 0 Å². The number of aliphatic hydroxyl groups excluding tert-OH is 1. The highest BCUT2D eigenvalue weighted by atomic mass is 32.1. The predicted octanol–water partition coefficient (Wildman–Crippen LogP) is 2.94. The molecule has 1 heterocycles. The first-order chi connectivity index (χ1) is 9.97. The fourth-order valence-corrected chi connectivity index (χ4v) is 3.48. The van der Waals surface area contributed by atoms with Gasteiger partial charge in [-0.2, -0.15) is 8.78 Å². The van der Waals surface area contributed by atoms with Gasteiger partial charge in [0.05, 0.1) is 6.10 Å². The normalized spacial score (nSPS) is 17.2. The number of alkyl halides is 2. The molecule has 0 aliphatic heterocycles. The first-order valence-electron chi connectivity index (χ1n) is 6.99. The van der Waals surface area contributed by atoms with Crippen LogP contribution >= 0.6 is 11.3 Å². The largest absolute Gasteiger partial charge is 0.433 e. The van der Waals surface area contributed by atoms with Crippen molar-refractivity contribution < 1.29 is 23.4 Å². The zero-order chi connectivity index (χ0) is 15.4. The number of aryl methyl sites for hydroxylation is 1. The van der Waals surface area contributed by atoms with E-state index in [9.17, 15) is 18.7 Å². The van der Waals surface area contributed by atoms with E-state index in [1.54, 1.807) is 6.92 Å². The molecule has 1 unspecified atom stereocenters. The average Bonchev–Trinajstić information content (AvgIpc) is 3.04. The summed E-state index contributed by atoms with van der Waals surface area (Å²) in [5.74, 6) is -0.381. The van der Waals surface area contributed by atoms with Gasteiger partial charge in [0, 0.05) is 11.4 Å². The molecule has 1 aromatic rings. The number of halogens is 2. The summed E-state index contributed by atoms with van der Waals surface area (Å²) in [6.07, 6.45) is 3.55. The van der Waals surface area contributed by atoms with Crippen molar-refractivity contribution in [3.05, 3.63) is 15.8 Å². The van der Waals surface area contributed by atoms with E-state index in [4.69, 9.17) is 0 Å². The van der Waals surface area contributed by atoms with E-state index in [0.29, 0.717) is 4.88 Å². The fraction of sp³-hybridized carbons (Fsp3) is 0.643. The maximum atomic E-state index is 12.3. The van der Waals surface area contributed by atoms with Crippen LogP contribution in [-0.4, -0.2) is 30.3 Å². The Morgan fingerprint density at radius 1 is 1.52 bits per heavy atom. The Hall–Kier alpha value is -1.21. The summed E-state index contributed by atoms with van der Waals surface area (Å²) in [6, 6.07) is 1.42. The van der Waals surface area contributed by atoms with Gasteiger partial charge in [-0.05, 0) is 31.7 Å². The van der Waals surface area contributed by atoms with E-state index >= 15 is 0 Å². The third-order valence-electron chi connectivity index (χ3n) is 3.66. The first-order valence-corrected chi connectivity index (χ1v) is 7.80. The maximum Gasteiger partial charge on any atom is 0.387 e. The number of hydrogen-bond donors (Lipinski definition) is 2. The SMILES string of the molecule is Cc1cc(OC(F)F)c(C(=O)NCC(O)C2CCCC2)s1. The van der Waals surface area contributed by atoms with E-state index in [0.717, 1.165) is 37.0 Å². The molecule has 1 aliphatic carbocycles. The van der Waals surface area contributed by atoms with Crippen LogP contribution in [0.15, 0.2) is 6.07 Å². The summed E-state index contributed by atoms with van der Waals surface area (Å²) in [7, 11) is 0. The van der Waals surface area contributed by atoms with Crippen LogP contribution < -0.4 is 10.1 Å². The van der Waals surface area contributed by atoms with Crippen molar-refractivity contribution >= 4 is 17.2 Å². The molecule has 1 saturated carbocycles. The van der Waals surface area contributed by atoms with Crippen LogP contribution in [0.25, 0.3) is 0 Å². The molecule has 1 amide bonds. The lowest BCUT2D eigenvalue weighted by molar-refractivity contribution is -0.0498. The van der Waals surface area contributed by atoms with Gasteiger partial charge in [-0.3, -0.25) is 4.79 Å². The van der Waals surface area contributed by atoms with Crippen molar-refractivity contribution in [2.24, 2.45) is 5.92 Å². The molecule has 0 aromatic carbocycles. The summed E-state index contributed by atoms with van der Waals surface area (Å²) in [4.78, 5) is 12.9. The van der Waals surface area contributed by atoms with Crippen LogP contribution in [0, 0.1) is 12.8 Å². The number of amides is 1. The van der Waals surface area contributed by atoms with Gasteiger partial charge in [0.25, 0.3) is 5.91 Å². The minimum Gasteiger partial charge on any atom is -0.433 e. The van der Waals surface area contributed by atoms with Crippen LogP contribution in [0.2, 0.25) is 0 Å². The highest BCUT2D eigenvalue weighted by Crippen LogP contribution is 2.30. The Bertz CT molecular complexity index is 487. The molecule has 1 aromatic heterocycles. The highest BCUT2D eigenvalue weighted by molar-refractivity contribution is 7.14. The fourth-order valence-electron chi connectivity index (χ4n) is 2.62. The van der Waals surface area contributed by atoms with Gasteiger partial charge in [0.1, 0.15) is 10.6 Å². The van der Waals surface area contributed by atoms with E-state index in [-0.39, 0.29) is 23.1 Å². The molecule has 118 valence electrons. The van der Waals surface area contributed by atoms with E-state index in [1.807, 2.05) is 0 Å². The molecule has 0 bridgehead atoms. The zero-order valence-corrected chi connectivity index (χ0v) is 12.6. The Morgan fingerprint density at radius 3 is 2.81 bits per heavy atom. The Kier molecular flexibility index (Phi) is 5.52. The van der Waals surface area contributed by atoms with Crippen molar-refractivity contribution in [3.8, 4) is 5.75 Å². The predicted molar refractivity (Wildman–Crippen MR) is 76.0 cm³/mol. The Balaban J connectivity index is 1.93. The number of ether oxygens (including phenoxy) is 1. The summed E-state index contributed by atoms with van der Waals surface area (Å²) in [6.45, 7) is -1.11. The topological polar surface area (TPSA) is 58.6 Å². The molecular weight excluding hydrogens is 300 g/mol. The molecule has 2 N–H and O–H groups in total. The van der Waals surface area contributed by atoms with Crippen molar-refractivity contribution in [3.63, 3.8) is 0 Å². The van der Waals surface area contributed by atoms with Crippen LogP contribution in [0.5, 0.6) is 5.75 Å². The lowest BCUT2D eigenvalue weighted by Gasteiger charge is -2.18. The van der Waals surface area contributed by atoms with E-state index in [2.05, 4.69) is 10.1 Å². The van der Waals surface area contributed by atoms with Gasteiger partial charge in [-0.15, -0.1) is 11.3 Å². The summed E-state index contributed by atoms with van der Waals surface area (Å²) in [5.41, 5.74) is 0.